The van der Waals surface area contributed by atoms with E-state index >= 15 is 4.39 Å². The van der Waals surface area contributed by atoms with Crippen molar-refractivity contribution < 1.29 is 13.2 Å². The van der Waals surface area contributed by atoms with Crippen LogP contribution in [0.2, 0.25) is 0 Å². The highest BCUT2D eigenvalue weighted by Gasteiger charge is 2.48. The average molecular weight is 460 g/mol. The van der Waals surface area contributed by atoms with Crippen LogP contribution in [0.1, 0.15) is 74.9 Å². The van der Waals surface area contributed by atoms with Crippen LogP contribution in [0.15, 0.2) is 36.9 Å². The third-order valence-electron chi connectivity index (χ3n) is 7.60. The summed E-state index contributed by atoms with van der Waals surface area (Å²) in [5.41, 5.74) is 3.15. The number of rotatable bonds is 4. The van der Waals surface area contributed by atoms with Gasteiger partial charge in [-0.2, -0.15) is 0 Å². The van der Waals surface area contributed by atoms with Crippen LogP contribution in [0.4, 0.5) is 13.2 Å². The fourth-order valence-electron chi connectivity index (χ4n) is 5.54. The number of alkyl halides is 2. The van der Waals surface area contributed by atoms with E-state index in [0.717, 1.165) is 43.3 Å². The van der Waals surface area contributed by atoms with Gasteiger partial charge in [0.25, 0.3) is 5.92 Å². The van der Waals surface area contributed by atoms with E-state index in [1.54, 1.807) is 0 Å². The number of likely N-dealkylation sites (N-methyl/N-ethyl adjacent to an activating group) is 1. The number of halogens is 3. The van der Waals surface area contributed by atoms with Crippen LogP contribution >= 0.6 is 0 Å². The highest BCUT2D eigenvalue weighted by Crippen LogP contribution is 2.46. The van der Waals surface area contributed by atoms with Gasteiger partial charge >= 0.3 is 0 Å². The first kappa shape index (κ1) is 23.9. The average Bonchev–Trinajstić information content (AvgIpc) is 3.60. The van der Waals surface area contributed by atoms with E-state index in [1.807, 2.05) is 20.9 Å². The fourth-order valence-corrected chi connectivity index (χ4v) is 5.54. The summed E-state index contributed by atoms with van der Waals surface area (Å²) in [4.78, 5) is 4.41. The predicted octanol–water partition coefficient (Wildman–Crippen LogP) is 6.55. The van der Waals surface area contributed by atoms with Gasteiger partial charge in [0.15, 0.2) is 0 Å². The number of hydrogen-bond acceptors (Lipinski definition) is 2. The highest BCUT2D eigenvalue weighted by molar-refractivity contribution is 5.62. The van der Waals surface area contributed by atoms with Crippen molar-refractivity contribution >= 4 is 5.70 Å². The Morgan fingerprint density at radius 2 is 1.64 bits per heavy atom. The van der Waals surface area contributed by atoms with Crippen molar-refractivity contribution in [2.45, 2.75) is 70.4 Å². The Hall–Kier alpha value is -2.21. The molecule has 180 valence electrons. The van der Waals surface area contributed by atoms with Crippen molar-refractivity contribution in [3.05, 3.63) is 65.2 Å². The highest BCUT2D eigenvalue weighted by atomic mass is 19.3. The fraction of sp³-hybridized carbons (Fsp3) is 0.556. The Morgan fingerprint density at radius 1 is 1.03 bits per heavy atom. The van der Waals surface area contributed by atoms with E-state index in [1.165, 1.54) is 23.0 Å². The van der Waals surface area contributed by atoms with Gasteiger partial charge in [-0.05, 0) is 49.8 Å². The second-order valence-corrected chi connectivity index (χ2v) is 9.55. The third-order valence-corrected chi connectivity index (χ3v) is 7.60. The van der Waals surface area contributed by atoms with Gasteiger partial charge in [0.2, 0.25) is 0 Å². The van der Waals surface area contributed by atoms with Crippen molar-refractivity contribution in [2.24, 2.45) is 0 Å². The Kier molecular flexibility index (Phi) is 6.43. The summed E-state index contributed by atoms with van der Waals surface area (Å²) >= 11 is 0. The van der Waals surface area contributed by atoms with E-state index in [4.69, 9.17) is 0 Å². The van der Waals surface area contributed by atoms with Gasteiger partial charge in [0.05, 0.1) is 16.9 Å². The van der Waals surface area contributed by atoms with Crippen molar-refractivity contribution in [1.29, 1.82) is 0 Å². The molecule has 3 aliphatic rings. The smallest absolute Gasteiger partial charge is 0.285 e. The number of piperidine rings is 1. The van der Waals surface area contributed by atoms with Crippen LogP contribution in [0, 0.1) is 5.82 Å². The lowest BCUT2D eigenvalue weighted by molar-refractivity contribution is -0.00487. The number of benzene rings is 1. The maximum absolute atomic E-state index is 15.0. The van der Waals surface area contributed by atoms with Gasteiger partial charge in [-0.3, -0.25) is 4.90 Å². The van der Waals surface area contributed by atoms with Gasteiger partial charge in [0.1, 0.15) is 5.82 Å². The zero-order valence-corrected chi connectivity index (χ0v) is 20.3. The van der Waals surface area contributed by atoms with Crippen LogP contribution in [-0.2, 0) is 18.0 Å². The summed E-state index contributed by atoms with van der Waals surface area (Å²) in [6.45, 7) is 11.6. The Morgan fingerprint density at radius 3 is 2.18 bits per heavy atom. The number of fused-ring (bicyclic) bond motifs is 2. The molecule has 1 aromatic heterocycles. The van der Waals surface area contributed by atoms with E-state index in [0.29, 0.717) is 31.6 Å². The van der Waals surface area contributed by atoms with Crippen molar-refractivity contribution in [1.82, 2.24) is 14.4 Å². The molecule has 0 amide bonds. The van der Waals surface area contributed by atoms with E-state index in [9.17, 15) is 8.78 Å². The minimum atomic E-state index is -3.06. The lowest BCUT2D eigenvalue weighted by atomic mass is 9.81. The van der Waals surface area contributed by atoms with Crippen LogP contribution in [0.3, 0.4) is 0 Å². The maximum Gasteiger partial charge on any atom is 0.285 e. The molecule has 0 N–H and O–H groups in total. The summed E-state index contributed by atoms with van der Waals surface area (Å²) in [6, 6.07) is 9.74. The minimum Gasteiger partial charge on any atom is -0.371 e. The quantitative estimate of drug-likeness (QED) is 0.514. The van der Waals surface area contributed by atoms with E-state index in [2.05, 4.69) is 40.6 Å². The zero-order valence-electron chi connectivity index (χ0n) is 20.3. The van der Waals surface area contributed by atoms with Crippen molar-refractivity contribution in [2.75, 3.05) is 26.7 Å². The molecule has 1 saturated heterocycles. The molecule has 0 bridgehead atoms. The lowest BCUT2D eigenvalue weighted by Crippen LogP contribution is -2.56. The van der Waals surface area contributed by atoms with Gasteiger partial charge in [-0.1, -0.05) is 44.7 Å². The van der Waals surface area contributed by atoms with Gasteiger partial charge in [-0.25, -0.2) is 13.2 Å². The summed E-state index contributed by atoms with van der Waals surface area (Å²) in [7, 11) is 1.99. The van der Waals surface area contributed by atoms with Gasteiger partial charge in [0, 0.05) is 44.9 Å². The molecular weight excluding hydrogens is 423 g/mol. The maximum atomic E-state index is 15.0. The molecule has 0 unspecified atom stereocenters. The van der Waals surface area contributed by atoms with Crippen molar-refractivity contribution in [3.8, 4) is 0 Å². The van der Waals surface area contributed by atoms with Gasteiger partial charge in [-0.15, -0.1) is 0 Å². The molecule has 33 heavy (non-hydrogen) atoms. The van der Waals surface area contributed by atoms with Crippen LogP contribution < -0.4 is 0 Å². The third kappa shape index (κ3) is 4.23. The van der Waals surface area contributed by atoms with Gasteiger partial charge < -0.3 is 9.47 Å². The molecule has 1 aromatic carbocycles. The molecule has 0 radical (unpaired) electrons. The van der Waals surface area contributed by atoms with Crippen molar-refractivity contribution in [3.63, 3.8) is 0 Å². The molecule has 3 heterocycles. The molecule has 2 aliphatic heterocycles. The first-order chi connectivity index (χ1) is 15.7. The number of aromatic nitrogens is 1. The molecule has 1 saturated carbocycles. The normalized spacial score (nSPS) is 20.3. The van der Waals surface area contributed by atoms with E-state index in [-0.39, 0.29) is 5.69 Å². The monoisotopic (exact) mass is 459 g/mol. The summed E-state index contributed by atoms with van der Waals surface area (Å²) < 4.78 is 44.8. The largest absolute Gasteiger partial charge is 0.371 e. The van der Waals surface area contributed by atoms with E-state index < -0.39 is 17.3 Å². The topological polar surface area (TPSA) is 11.4 Å². The molecule has 3 nitrogen and oxygen atoms in total. The van der Waals surface area contributed by atoms with Crippen LogP contribution in [0.5, 0.6) is 0 Å². The molecule has 2 aromatic rings. The van der Waals surface area contributed by atoms with Crippen LogP contribution in [0.25, 0.3) is 5.70 Å². The SMILES string of the molecule is C=C(c1ccc(C2CC2)cc1)N1CCC2(CC1)c1c(F)cc(C(C)(F)F)n1CCN2C.CC. The first-order valence-electron chi connectivity index (χ1n) is 12.2. The number of nitrogens with zero attached hydrogens (tertiary/aromatic N) is 3. The lowest BCUT2D eigenvalue weighted by Gasteiger charge is -2.51. The Labute approximate surface area is 195 Å². The zero-order chi connectivity index (χ0) is 24.0. The molecule has 6 heteroatoms. The second-order valence-electron chi connectivity index (χ2n) is 9.55. The Balaban J connectivity index is 0.00000126. The minimum absolute atomic E-state index is 0.213. The molecule has 0 atom stereocenters. The van der Waals surface area contributed by atoms with Crippen LogP contribution in [-0.4, -0.2) is 41.0 Å². The predicted molar refractivity (Wildman–Crippen MR) is 128 cm³/mol. The summed E-state index contributed by atoms with van der Waals surface area (Å²) in [5, 5.41) is 0. The molecular formula is C27H36F3N3. The summed E-state index contributed by atoms with van der Waals surface area (Å²) in [6.07, 6.45) is 3.93. The number of hydrogen-bond donors (Lipinski definition) is 0. The standard InChI is InChI=1S/C25H30F3N3.C2H6/c1-17(18-4-6-19(7-5-18)20-8-9-20)30-12-10-25(11-13-30)23-21(26)16-22(24(2,27)28)31(23)15-14-29(25)3;1-2/h4-7,16,20H,1,8-15H2,2-3H3;1-2H3. The first-order valence-corrected chi connectivity index (χ1v) is 12.2. The number of likely N-dealkylation sites (tertiary alicyclic amines) is 1. The molecule has 1 aliphatic carbocycles. The molecule has 5 rings (SSSR count). The second kappa shape index (κ2) is 8.86. The summed E-state index contributed by atoms with van der Waals surface area (Å²) in [5.74, 6) is -2.84. The molecule has 1 spiro atoms. The molecule has 2 fully saturated rings. The Bertz CT molecular complexity index is 991.